The van der Waals surface area contributed by atoms with Crippen molar-refractivity contribution in [1.82, 2.24) is 0 Å². The number of esters is 1. The van der Waals surface area contributed by atoms with E-state index in [9.17, 15) is 4.79 Å². The van der Waals surface area contributed by atoms with Gasteiger partial charge in [0.15, 0.2) is 0 Å². The monoisotopic (exact) mass is 188 g/mol. The fourth-order valence-electron chi connectivity index (χ4n) is 1.48. The maximum atomic E-state index is 10.8. The van der Waals surface area contributed by atoms with Gasteiger partial charge in [-0.2, -0.15) is 11.8 Å². The molecule has 1 heterocycles. The Morgan fingerprint density at radius 1 is 1.58 bits per heavy atom. The first-order chi connectivity index (χ1) is 5.74. The number of carbonyl (C=O) groups is 1. The molecule has 2 atom stereocenters. The van der Waals surface area contributed by atoms with E-state index in [0.29, 0.717) is 6.42 Å². The third kappa shape index (κ3) is 2.70. The molecular weight excluding hydrogens is 172 g/mol. The van der Waals surface area contributed by atoms with E-state index in [-0.39, 0.29) is 5.97 Å². The van der Waals surface area contributed by atoms with Crippen LogP contribution in [-0.4, -0.2) is 24.6 Å². The van der Waals surface area contributed by atoms with Gasteiger partial charge in [0.05, 0.1) is 7.11 Å². The van der Waals surface area contributed by atoms with Gasteiger partial charge >= 0.3 is 5.97 Å². The van der Waals surface area contributed by atoms with Crippen LogP contribution in [0.2, 0.25) is 0 Å². The number of ether oxygens (including phenoxy) is 1. The molecule has 2 unspecified atom stereocenters. The highest BCUT2D eigenvalue weighted by atomic mass is 32.2. The quantitative estimate of drug-likeness (QED) is 0.633. The Bertz CT molecular complexity index is 159. The average molecular weight is 188 g/mol. The molecule has 3 heteroatoms. The molecule has 0 aromatic heterocycles. The van der Waals surface area contributed by atoms with Crippen LogP contribution in [-0.2, 0) is 9.53 Å². The molecule has 1 aliphatic rings. The molecule has 0 N–H and O–H groups in total. The molecule has 0 bridgehead atoms. The smallest absolute Gasteiger partial charge is 0.305 e. The summed E-state index contributed by atoms with van der Waals surface area (Å²) in [5.74, 6) is 3.91. The van der Waals surface area contributed by atoms with Crippen LogP contribution in [0.4, 0.5) is 0 Å². The standard InChI is InChI=1S/C9H16O2S/c1-7-5-12-6-8(7)3-4-9(10)11-2/h7-8H,3-6H2,1-2H3. The largest absolute Gasteiger partial charge is 0.469 e. The summed E-state index contributed by atoms with van der Waals surface area (Å²) >= 11 is 2.00. The number of thioether (sulfide) groups is 1. The lowest BCUT2D eigenvalue weighted by Crippen LogP contribution is -2.11. The summed E-state index contributed by atoms with van der Waals surface area (Å²) < 4.78 is 4.60. The number of methoxy groups -OCH3 is 1. The van der Waals surface area contributed by atoms with Crippen molar-refractivity contribution in [1.29, 1.82) is 0 Å². The van der Waals surface area contributed by atoms with Gasteiger partial charge in [-0.1, -0.05) is 6.92 Å². The third-order valence-corrected chi connectivity index (χ3v) is 3.89. The highest BCUT2D eigenvalue weighted by Crippen LogP contribution is 2.32. The average Bonchev–Trinajstić information content (AvgIpc) is 2.47. The van der Waals surface area contributed by atoms with E-state index in [4.69, 9.17) is 0 Å². The van der Waals surface area contributed by atoms with E-state index < -0.39 is 0 Å². The lowest BCUT2D eigenvalue weighted by molar-refractivity contribution is -0.140. The highest BCUT2D eigenvalue weighted by molar-refractivity contribution is 7.99. The van der Waals surface area contributed by atoms with Crippen molar-refractivity contribution in [3.63, 3.8) is 0 Å². The molecule has 12 heavy (non-hydrogen) atoms. The summed E-state index contributed by atoms with van der Waals surface area (Å²) in [6.07, 6.45) is 1.59. The van der Waals surface area contributed by atoms with Gasteiger partial charge in [-0.25, -0.2) is 0 Å². The van der Waals surface area contributed by atoms with Crippen LogP contribution >= 0.6 is 11.8 Å². The lowest BCUT2D eigenvalue weighted by atomic mass is 9.93. The van der Waals surface area contributed by atoms with Crippen molar-refractivity contribution in [2.24, 2.45) is 11.8 Å². The number of rotatable bonds is 3. The van der Waals surface area contributed by atoms with Crippen molar-refractivity contribution in [2.45, 2.75) is 19.8 Å². The van der Waals surface area contributed by atoms with Crippen LogP contribution in [0.1, 0.15) is 19.8 Å². The highest BCUT2D eigenvalue weighted by Gasteiger charge is 2.24. The molecule has 0 aliphatic carbocycles. The van der Waals surface area contributed by atoms with Gasteiger partial charge in [0.1, 0.15) is 0 Å². The number of hydrogen-bond donors (Lipinski definition) is 0. The SMILES string of the molecule is COC(=O)CCC1CSCC1C. The second kappa shape index (κ2) is 4.75. The van der Waals surface area contributed by atoms with Crippen molar-refractivity contribution in [2.75, 3.05) is 18.6 Å². The van der Waals surface area contributed by atoms with Gasteiger partial charge in [-0.3, -0.25) is 4.79 Å². The molecule has 1 saturated heterocycles. The van der Waals surface area contributed by atoms with Crippen LogP contribution in [0.25, 0.3) is 0 Å². The molecule has 0 amide bonds. The van der Waals surface area contributed by atoms with Crippen molar-refractivity contribution < 1.29 is 9.53 Å². The molecule has 2 nitrogen and oxygen atoms in total. The zero-order valence-electron chi connectivity index (χ0n) is 7.71. The van der Waals surface area contributed by atoms with Gasteiger partial charge in [0.2, 0.25) is 0 Å². The van der Waals surface area contributed by atoms with E-state index in [1.54, 1.807) is 0 Å². The Labute approximate surface area is 78.1 Å². The van der Waals surface area contributed by atoms with Gasteiger partial charge < -0.3 is 4.74 Å². The Balaban J connectivity index is 2.18. The van der Waals surface area contributed by atoms with Crippen LogP contribution in [0.3, 0.4) is 0 Å². The van der Waals surface area contributed by atoms with E-state index >= 15 is 0 Å². The van der Waals surface area contributed by atoms with Crippen molar-refractivity contribution >= 4 is 17.7 Å². The van der Waals surface area contributed by atoms with Crippen LogP contribution in [0.5, 0.6) is 0 Å². The van der Waals surface area contributed by atoms with Crippen LogP contribution < -0.4 is 0 Å². The molecular formula is C9H16O2S. The molecule has 0 aromatic carbocycles. The van der Waals surface area contributed by atoms with E-state index in [1.807, 2.05) is 11.8 Å². The minimum absolute atomic E-state index is 0.0703. The summed E-state index contributed by atoms with van der Waals surface area (Å²) in [5.41, 5.74) is 0. The fourth-order valence-corrected chi connectivity index (χ4v) is 3.06. The summed E-state index contributed by atoms with van der Waals surface area (Å²) in [6, 6.07) is 0. The van der Waals surface area contributed by atoms with Gasteiger partial charge in [-0.15, -0.1) is 0 Å². The van der Waals surface area contributed by atoms with E-state index in [1.165, 1.54) is 18.6 Å². The number of hydrogen-bond acceptors (Lipinski definition) is 3. The predicted molar refractivity (Wildman–Crippen MR) is 51.2 cm³/mol. The van der Waals surface area contributed by atoms with Crippen LogP contribution in [0.15, 0.2) is 0 Å². The Morgan fingerprint density at radius 3 is 2.83 bits per heavy atom. The predicted octanol–water partition coefficient (Wildman–Crippen LogP) is 1.94. The Kier molecular flexibility index (Phi) is 3.92. The third-order valence-electron chi connectivity index (χ3n) is 2.46. The molecule has 70 valence electrons. The summed E-state index contributed by atoms with van der Waals surface area (Å²) in [7, 11) is 1.45. The first-order valence-electron chi connectivity index (χ1n) is 4.38. The number of carbonyl (C=O) groups excluding carboxylic acids is 1. The molecule has 1 fully saturated rings. The maximum absolute atomic E-state index is 10.8. The zero-order valence-corrected chi connectivity index (χ0v) is 8.52. The van der Waals surface area contributed by atoms with E-state index in [2.05, 4.69) is 11.7 Å². The topological polar surface area (TPSA) is 26.3 Å². The normalized spacial score (nSPS) is 28.8. The zero-order chi connectivity index (χ0) is 8.97. The first kappa shape index (κ1) is 9.90. The van der Waals surface area contributed by atoms with Crippen LogP contribution in [0, 0.1) is 11.8 Å². The molecule has 0 spiro atoms. The van der Waals surface area contributed by atoms with Gasteiger partial charge in [0.25, 0.3) is 0 Å². The molecule has 1 rings (SSSR count). The lowest BCUT2D eigenvalue weighted by Gasteiger charge is -2.12. The Morgan fingerprint density at radius 2 is 2.33 bits per heavy atom. The maximum Gasteiger partial charge on any atom is 0.305 e. The summed E-state index contributed by atoms with van der Waals surface area (Å²) in [4.78, 5) is 10.8. The first-order valence-corrected chi connectivity index (χ1v) is 5.54. The summed E-state index contributed by atoms with van der Waals surface area (Å²) in [5, 5.41) is 0. The fraction of sp³-hybridized carbons (Fsp3) is 0.889. The minimum atomic E-state index is -0.0703. The second-order valence-electron chi connectivity index (χ2n) is 3.39. The summed E-state index contributed by atoms with van der Waals surface area (Å²) in [6.45, 7) is 2.27. The Hall–Kier alpha value is -0.180. The molecule has 1 aliphatic heterocycles. The van der Waals surface area contributed by atoms with Gasteiger partial charge in [-0.05, 0) is 29.8 Å². The van der Waals surface area contributed by atoms with Crippen molar-refractivity contribution in [3.8, 4) is 0 Å². The minimum Gasteiger partial charge on any atom is -0.469 e. The van der Waals surface area contributed by atoms with E-state index in [0.717, 1.165) is 18.3 Å². The van der Waals surface area contributed by atoms with Gasteiger partial charge in [0, 0.05) is 6.42 Å². The second-order valence-corrected chi connectivity index (χ2v) is 4.46. The molecule has 0 aromatic rings. The molecule has 0 radical (unpaired) electrons. The molecule has 0 saturated carbocycles. The van der Waals surface area contributed by atoms with Crippen molar-refractivity contribution in [3.05, 3.63) is 0 Å².